The number of pyridine rings is 1. The Bertz CT molecular complexity index is 388. The number of rotatable bonds is 4. The predicted molar refractivity (Wildman–Crippen MR) is 59.7 cm³/mol. The Morgan fingerprint density at radius 1 is 1.60 bits per heavy atom. The van der Waals surface area contributed by atoms with Gasteiger partial charge in [0.05, 0.1) is 5.02 Å². The first-order valence-corrected chi connectivity index (χ1v) is 5.47. The number of nitrogens with two attached hydrogens (primary N) is 1. The first kappa shape index (κ1) is 10.4. The molecule has 0 amide bonds. The van der Waals surface area contributed by atoms with Gasteiger partial charge >= 0.3 is 0 Å². The van der Waals surface area contributed by atoms with Gasteiger partial charge in [-0.3, -0.25) is 4.79 Å². The molecule has 15 heavy (non-hydrogen) atoms. The number of hydrogen-bond acceptors (Lipinski definition) is 3. The highest BCUT2D eigenvalue weighted by molar-refractivity contribution is 6.30. The lowest BCUT2D eigenvalue weighted by Crippen LogP contribution is -2.04. The minimum atomic E-state index is 0.318. The Morgan fingerprint density at radius 2 is 2.33 bits per heavy atom. The van der Waals surface area contributed by atoms with Gasteiger partial charge in [-0.15, -0.1) is 0 Å². The second-order valence-electron chi connectivity index (χ2n) is 3.94. The average molecular weight is 225 g/mol. The number of aromatic nitrogens is 1. The van der Waals surface area contributed by atoms with Gasteiger partial charge in [0, 0.05) is 18.5 Å². The zero-order valence-corrected chi connectivity index (χ0v) is 9.13. The summed E-state index contributed by atoms with van der Waals surface area (Å²) in [5, 5.41) is 0.568. The van der Waals surface area contributed by atoms with Crippen LogP contribution in [-0.4, -0.2) is 10.8 Å². The summed E-state index contributed by atoms with van der Waals surface area (Å²) in [5.74, 6) is 1.13. The minimum absolute atomic E-state index is 0.318. The summed E-state index contributed by atoms with van der Waals surface area (Å²) in [6.45, 7) is 0. The number of carbonyl (C=O) groups excluding carboxylic acids is 1. The van der Waals surface area contributed by atoms with Crippen molar-refractivity contribution in [1.29, 1.82) is 0 Å². The van der Waals surface area contributed by atoms with Crippen LogP contribution in [-0.2, 0) is 11.2 Å². The summed E-state index contributed by atoms with van der Waals surface area (Å²) in [6, 6.07) is 1.78. The number of nitrogen functional groups attached to an aromatic ring is 1. The number of ketones is 1. The Balaban J connectivity index is 1.97. The van der Waals surface area contributed by atoms with Gasteiger partial charge in [-0.05, 0) is 30.9 Å². The highest BCUT2D eigenvalue weighted by Crippen LogP contribution is 2.31. The number of carbonyl (C=O) groups is 1. The molecule has 0 aromatic carbocycles. The number of aryl methyl sites for hydroxylation is 1. The Hall–Kier alpha value is -1.09. The molecule has 2 rings (SSSR count). The molecule has 0 unspecified atom stereocenters. The second kappa shape index (κ2) is 4.19. The first-order valence-electron chi connectivity index (χ1n) is 5.09. The van der Waals surface area contributed by atoms with Crippen molar-refractivity contribution >= 4 is 23.2 Å². The summed E-state index contributed by atoms with van der Waals surface area (Å²) in [5.41, 5.74) is 6.56. The molecule has 80 valence electrons. The maximum atomic E-state index is 11.5. The van der Waals surface area contributed by atoms with Crippen molar-refractivity contribution < 1.29 is 4.79 Å². The standard InChI is InChI=1S/C11H13ClN2O/c12-9-5-8(11(13)14-6-9)3-4-10(15)7-1-2-7/h5-7H,1-4H2,(H2,13,14). The maximum Gasteiger partial charge on any atom is 0.136 e. The molecule has 4 heteroatoms. The van der Waals surface area contributed by atoms with Crippen LogP contribution in [0, 0.1) is 5.92 Å². The molecule has 3 nitrogen and oxygen atoms in total. The van der Waals surface area contributed by atoms with Crippen molar-refractivity contribution in [3.63, 3.8) is 0 Å². The topological polar surface area (TPSA) is 56.0 Å². The fourth-order valence-electron chi connectivity index (χ4n) is 1.56. The Kier molecular flexibility index (Phi) is 2.91. The summed E-state index contributed by atoms with van der Waals surface area (Å²) in [6.07, 6.45) is 4.83. The third-order valence-electron chi connectivity index (χ3n) is 2.64. The molecule has 1 aromatic heterocycles. The van der Waals surface area contributed by atoms with Gasteiger partial charge in [0.2, 0.25) is 0 Å². The molecule has 1 aliphatic rings. The van der Waals surface area contributed by atoms with E-state index in [2.05, 4.69) is 4.98 Å². The largest absolute Gasteiger partial charge is 0.383 e. The lowest BCUT2D eigenvalue weighted by molar-refractivity contribution is -0.120. The monoisotopic (exact) mass is 224 g/mol. The SMILES string of the molecule is Nc1ncc(Cl)cc1CCC(=O)C1CC1. The first-order chi connectivity index (χ1) is 7.16. The molecule has 0 saturated heterocycles. The number of halogens is 1. The van der Waals surface area contributed by atoms with Crippen molar-refractivity contribution in [2.24, 2.45) is 5.92 Å². The van der Waals surface area contributed by atoms with Crippen LogP contribution < -0.4 is 5.73 Å². The number of Topliss-reactive ketones (excluding diaryl/α,β-unsaturated/α-hetero) is 1. The van der Waals surface area contributed by atoms with E-state index < -0.39 is 0 Å². The molecule has 0 radical (unpaired) electrons. The molecule has 1 saturated carbocycles. The molecule has 1 heterocycles. The third kappa shape index (κ3) is 2.69. The van der Waals surface area contributed by atoms with E-state index in [1.807, 2.05) is 0 Å². The molecular weight excluding hydrogens is 212 g/mol. The van der Waals surface area contributed by atoms with Crippen molar-refractivity contribution in [1.82, 2.24) is 4.98 Å². The molecule has 0 atom stereocenters. The van der Waals surface area contributed by atoms with Gasteiger partial charge in [0.25, 0.3) is 0 Å². The molecule has 0 aliphatic heterocycles. The van der Waals surface area contributed by atoms with Crippen molar-refractivity contribution in [2.45, 2.75) is 25.7 Å². The van der Waals surface area contributed by atoms with E-state index in [9.17, 15) is 4.79 Å². The molecular formula is C11H13ClN2O. The van der Waals surface area contributed by atoms with E-state index in [0.717, 1.165) is 18.4 Å². The molecule has 0 bridgehead atoms. The van der Waals surface area contributed by atoms with E-state index in [1.54, 1.807) is 6.07 Å². The molecule has 0 spiro atoms. The van der Waals surface area contributed by atoms with E-state index in [-0.39, 0.29) is 0 Å². The van der Waals surface area contributed by atoms with Gasteiger partial charge in [-0.25, -0.2) is 4.98 Å². The Labute approximate surface area is 93.6 Å². The lowest BCUT2D eigenvalue weighted by Gasteiger charge is -2.04. The molecule has 2 N–H and O–H groups in total. The quantitative estimate of drug-likeness (QED) is 0.853. The third-order valence-corrected chi connectivity index (χ3v) is 2.85. The molecule has 1 aliphatic carbocycles. The summed E-state index contributed by atoms with van der Waals surface area (Å²) >= 11 is 5.80. The van der Waals surface area contributed by atoms with Crippen molar-refractivity contribution in [3.05, 3.63) is 22.8 Å². The van der Waals surface area contributed by atoms with Gasteiger partial charge in [0.15, 0.2) is 0 Å². The zero-order valence-electron chi connectivity index (χ0n) is 8.37. The summed E-state index contributed by atoms with van der Waals surface area (Å²) < 4.78 is 0. The van der Waals surface area contributed by atoms with Crippen LogP contribution in [0.4, 0.5) is 5.82 Å². The van der Waals surface area contributed by atoms with Gasteiger partial charge < -0.3 is 5.73 Å². The van der Waals surface area contributed by atoms with Crippen molar-refractivity contribution in [2.75, 3.05) is 5.73 Å². The van der Waals surface area contributed by atoms with Crippen LogP contribution in [0.2, 0.25) is 5.02 Å². The van der Waals surface area contributed by atoms with Crippen LogP contribution >= 0.6 is 11.6 Å². The molecule has 1 aromatic rings. The highest BCUT2D eigenvalue weighted by Gasteiger charge is 2.28. The number of anilines is 1. The highest BCUT2D eigenvalue weighted by atomic mass is 35.5. The average Bonchev–Trinajstić information content (AvgIpc) is 3.02. The number of nitrogens with zero attached hydrogens (tertiary/aromatic N) is 1. The van der Waals surface area contributed by atoms with E-state index in [1.165, 1.54) is 6.20 Å². The minimum Gasteiger partial charge on any atom is -0.383 e. The number of hydrogen-bond donors (Lipinski definition) is 1. The lowest BCUT2D eigenvalue weighted by atomic mass is 10.1. The van der Waals surface area contributed by atoms with Crippen molar-refractivity contribution in [3.8, 4) is 0 Å². The fourth-order valence-corrected chi connectivity index (χ4v) is 1.74. The smallest absolute Gasteiger partial charge is 0.136 e. The van der Waals surface area contributed by atoms with Gasteiger partial charge in [-0.2, -0.15) is 0 Å². The van der Waals surface area contributed by atoms with Crippen LogP contribution in [0.25, 0.3) is 0 Å². The second-order valence-corrected chi connectivity index (χ2v) is 4.37. The maximum absolute atomic E-state index is 11.5. The predicted octanol–water partition coefficient (Wildman–Crippen LogP) is 2.23. The van der Waals surface area contributed by atoms with Crippen LogP contribution in [0.1, 0.15) is 24.8 Å². The van der Waals surface area contributed by atoms with E-state index >= 15 is 0 Å². The molecule has 1 fully saturated rings. The normalized spacial score (nSPS) is 15.3. The van der Waals surface area contributed by atoms with E-state index in [4.69, 9.17) is 17.3 Å². The zero-order chi connectivity index (χ0) is 10.8. The summed E-state index contributed by atoms with van der Waals surface area (Å²) in [7, 11) is 0. The van der Waals surface area contributed by atoms with Crippen LogP contribution in [0.15, 0.2) is 12.3 Å². The fraction of sp³-hybridized carbons (Fsp3) is 0.455. The Morgan fingerprint density at radius 3 is 3.00 bits per heavy atom. The van der Waals surface area contributed by atoms with Gasteiger partial charge in [-0.1, -0.05) is 11.6 Å². The van der Waals surface area contributed by atoms with Crippen LogP contribution in [0.5, 0.6) is 0 Å². The summed E-state index contributed by atoms with van der Waals surface area (Å²) in [4.78, 5) is 15.4. The van der Waals surface area contributed by atoms with E-state index in [0.29, 0.717) is 35.4 Å². The van der Waals surface area contributed by atoms with Crippen LogP contribution in [0.3, 0.4) is 0 Å². The van der Waals surface area contributed by atoms with Gasteiger partial charge in [0.1, 0.15) is 11.6 Å².